The molecule has 1 N–H and O–H groups in total. The zero-order chi connectivity index (χ0) is 19.5. The third-order valence-electron chi connectivity index (χ3n) is 5.14. The molecule has 2 aliphatic heterocycles. The summed E-state index contributed by atoms with van der Waals surface area (Å²) in [7, 11) is 0. The Labute approximate surface area is 169 Å². The maximum Gasteiger partial charge on any atom is 0.329 e. The van der Waals surface area contributed by atoms with Crippen LogP contribution in [0, 0.1) is 0 Å². The van der Waals surface area contributed by atoms with E-state index in [4.69, 9.17) is 11.6 Å². The summed E-state index contributed by atoms with van der Waals surface area (Å²) in [4.78, 5) is 28.5. The molecule has 0 radical (unpaired) electrons. The largest absolute Gasteiger partial charge is 0.372 e. The Balaban J connectivity index is 1.46. The third-order valence-corrected chi connectivity index (χ3v) is 5.39. The molecule has 2 aliphatic rings. The number of carbonyl (C=O) groups is 2. The fourth-order valence-corrected chi connectivity index (χ4v) is 3.71. The number of halogens is 1. The quantitative estimate of drug-likeness (QED) is 0.615. The van der Waals surface area contributed by atoms with Crippen LogP contribution in [-0.2, 0) is 11.3 Å². The molecule has 5 nitrogen and oxygen atoms in total. The van der Waals surface area contributed by atoms with Crippen molar-refractivity contribution < 1.29 is 9.59 Å². The first-order chi connectivity index (χ1) is 13.6. The second-order valence-electron chi connectivity index (χ2n) is 7.15. The molecule has 0 atom stereocenters. The van der Waals surface area contributed by atoms with Crippen molar-refractivity contribution in [3.63, 3.8) is 0 Å². The summed E-state index contributed by atoms with van der Waals surface area (Å²) in [6.07, 6.45) is 5.49. The first-order valence-corrected chi connectivity index (χ1v) is 9.92. The molecular weight excluding hydrogens is 374 g/mol. The van der Waals surface area contributed by atoms with E-state index in [1.54, 1.807) is 18.2 Å². The molecule has 28 heavy (non-hydrogen) atoms. The summed E-state index contributed by atoms with van der Waals surface area (Å²) < 4.78 is 0. The van der Waals surface area contributed by atoms with Crippen LogP contribution in [0.1, 0.15) is 30.4 Å². The highest BCUT2D eigenvalue weighted by Crippen LogP contribution is 2.22. The lowest BCUT2D eigenvalue weighted by atomic mass is 10.1. The lowest BCUT2D eigenvalue weighted by Gasteiger charge is -2.28. The van der Waals surface area contributed by atoms with Crippen LogP contribution in [0.2, 0.25) is 5.02 Å². The molecule has 0 aliphatic carbocycles. The molecule has 0 spiro atoms. The zero-order valence-corrected chi connectivity index (χ0v) is 16.3. The molecule has 6 heteroatoms. The van der Waals surface area contributed by atoms with Gasteiger partial charge in [-0.25, -0.2) is 4.79 Å². The van der Waals surface area contributed by atoms with Crippen LogP contribution in [0.15, 0.2) is 54.2 Å². The number of hydrogen-bond acceptors (Lipinski definition) is 3. The minimum Gasteiger partial charge on any atom is -0.372 e. The Kier molecular flexibility index (Phi) is 5.35. The first-order valence-electron chi connectivity index (χ1n) is 9.54. The van der Waals surface area contributed by atoms with Crippen LogP contribution in [0.3, 0.4) is 0 Å². The van der Waals surface area contributed by atoms with Crippen LogP contribution >= 0.6 is 11.6 Å². The van der Waals surface area contributed by atoms with E-state index in [9.17, 15) is 9.59 Å². The molecule has 2 aromatic carbocycles. The predicted octanol–water partition coefficient (Wildman–Crippen LogP) is 4.42. The lowest BCUT2D eigenvalue weighted by molar-refractivity contribution is -0.123. The Morgan fingerprint density at radius 2 is 1.61 bits per heavy atom. The Hall–Kier alpha value is -2.79. The number of piperidine rings is 1. The van der Waals surface area contributed by atoms with Crippen molar-refractivity contribution >= 4 is 35.3 Å². The average molecular weight is 396 g/mol. The van der Waals surface area contributed by atoms with Crippen molar-refractivity contribution in [3.8, 4) is 0 Å². The van der Waals surface area contributed by atoms with E-state index in [1.807, 2.05) is 24.3 Å². The maximum atomic E-state index is 12.6. The van der Waals surface area contributed by atoms with Gasteiger partial charge in [-0.1, -0.05) is 35.9 Å². The van der Waals surface area contributed by atoms with Gasteiger partial charge in [-0.3, -0.25) is 9.69 Å². The SMILES string of the molecule is O=C1N/C(=C\c2ccc(N3CCCCC3)cc2)C(=O)N1Cc1ccc(Cl)cc1. The molecule has 0 aromatic heterocycles. The Morgan fingerprint density at radius 1 is 0.929 bits per heavy atom. The van der Waals surface area contributed by atoms with E-state index in [1.165, 1.54) is 29.8 Å². The summed E-state index contributed by atoms with van der Waals surface area (Å²) in [5, 5.41) is 3.29. The molecule has 0 bridgehead atoms. The van der Waals surface area contributed by atoms with Gasteiger partial charge in [-0.2, -0.15) is 0 Å². The van der Waals surface area contributed by atoms with Gasteiger partial charge >= 0.3 is 6.03 Å². The van der Waals surface area contributed by atoms with Crippen LogP contribution in [0.4, 0.5) is 10.5 Å². The van der Waals surface area contributed by atoms with Gasteiger partial charge in [0.15, 0.2) is 0 Å². The number of carbonyl (C=O) groups excluding carboxylic acids is 2. The molecule has 4 rings (SSSR count). The molecule has 2 heterocycles. The predicted molar refractivity (Wildman–Crippen MR) is 111 cm³/mol. The van der Waals surface area contributed by atoms with Gasteiger partial charge < -0.3 is 10.2 Å². The lowest BCUT2D eigenvalue weighted by Crippen LogP contribution is -2.30. The number of hydrogen-bond donors (Lipinski definition) is 1. The molecule has 2 aromatic rings. The number of amides is 3. The number of nitrogens with zero attached hydrogens (tertiary/aromatic N) is 2. The van der Waals surface area contributed by atoms with Gasteiger partial charge in [0.1, 0.15) is 5.70 Å². The van der Waals surface area contributed by atoms with Crippen LogP contribution in [0.25, 0.3) is 6.08 Å². The number of rotatable bonds is 4. The highest BCUT2D eigenvalue weighted by molar-refractivity contribution is 6.30. The normalized spacial score (nSPS) is 18.7. The summed E-state index contributed by atoms with van der Waals surface area (Å²) >= 11 is 5.89. The Morgan fingerprint density at radius 3 is 2.29 bits per heavy atom. The molecule has 3 amide bonds. The van der Waals surface area contributed by atoms with Crippen molar-refractivity contribution in [3.05, 3.63) is 70.4 Å². The number of benzene rings is 2. The number of nitrogens with one attached hydrogen (secondary N) is 1. The van der Waals surface area contributed by atoms with Gasteiger partial charge in [0.2, 0.25) is 0 Å². The standard InChI is InChI=1S/C22H22ClN3O2/c23-18-8-4-17(5-9-18)15-26-21(27)20(24-22(26)28)14-16-6-10-19(11-7-16)25-12-2-1-3-13-25/h4-11,14H,1-3,12-13,15H2,(H,24,28)/b20-14-. The second kappa shape index (κ2) is 8.07. The van der Waals surface area contributed by atoms with E-state index in [-0.39, 0.29) is 12.5 Å². The number of urea groups is 1. The summed E-state index contributed by atoms with van der Waals surface area (Å²) in [6, 6.07) is 14.8. The van der Waals surface area contributed by atoms with Crippen LogP contribution in [-0.4, -0.2) is 29.9 Å². The van der Waals surface area contributed by atoms with Gasteiger partial charge in [0.05, 0.1) is 6.54 Å². The topological polar surface area (TPSA) is 52.7 Å². The van der Waals surface area contributed by atoms with Crippen molar-refractivity contribution in [1.82, 2.24) is 10.2 Å². The van der Waals surface area contributed by atoms with E-state index in [0.29, 0.717) is 10.7 Å². The highest BCUT2D eigenvalue weighted by atomic mass is 35.5. The summed E-state index contributed by atoms with van der Waals surface area (Å²) in [6.45, 7) is 2.40. The highest BCUT2D eigenvalue weighted by Gasteiger charge is 2.33. The van der Waals surface area contributed by atoms with Crippen LogP contribution < -0.4 is 10.2 Å². The van der Waals surface area contributed by atoms with Gasteiger partial charge in [0.25, 0.3) is 5.91 Å². The van der Waals surface area contributed by atoms with Crippen molar-refractivity contribution in [2.24, 2.45) is 0 Å². The summed E-state index contributed by atoms with van der Waals surface area (Å²) in [5.74, 6) is -0.319. The fraction of sp³-hybridized carbons (Fsp3) is 0.273. The van der Waals surface area contributed by atoms with Crippen molar-refractivity contribution in [2.45, 2.75) is 25.8 Å². The molecule has 2 fully saturated rings. The van der Waals surface area contributed by atoms with E-state index in [2.05, 4.69) is 22.3 Å². The number of anilines is 1. The minimum atomic E-state index is -0.406. The van der Waals surface area contributed by atoms with Crippen LogP contribution in [0.5, 0.6) is 0 Å². The Bertz CT molecular complexity index is 900. The third kappa shape index (κ3) is 4.04. The number of imide groups is 1. The van der Waals surface area contributed by atoms with E-state index >= 15 is 0 Å². The summed E-state index contributed by atoms with van der Waals surface area (Å²) in [5.41, 5.74) is 3.23. The molecule has 144 valence electrons. The van der Waals surface area contributed by atoms with Crippen molar-refractivity contribution in [2.75, 3.05) is 18.0 Å². The van der Waals surface area contributed by atoms with Gasteiger partial charge in [-0.05, 0) is 60.7 Å². The second-order valence-corrected chi connectivity index (χ2v) is 7.58. The van der Waals surface area contributed by atoms with E-state index < -0.39 is 6.03 Å². The maximum absolute atomic E-state index is 12.6. The molecule has 2 saturated heterocycles. The fourth-order valence-electron chi connectivity index (χ4n) is 3.59. The van der Waals surface area contributed by atoms with Crippen molar-refractivity contribution in [1.29, 1.82) is 0 Å². The average Bonchev–Trinajstić information content (AvgIpc) is 2.98. The monoisotopic (exact) mass is 395 g/mol. The van der Waals surface area contributed by atoms with Gasteiger partial charge in [0, 0.05) is 23.8 Å². The molecular formula is C22H22ClN3O2. The van der Waals surface area contributed by atoms with Gasteiger partial charge in [-0.15, -0.1) is 0 Å². The minimum absolute atomic E-state index is 0.215. The first kappa shape index (κ1) is 18.6. The smallest absolute Gasteiger partial charge is 0.329 e. The zero-order valence-electron chi connectivity index (χ0n) is 15.5. The molecule has 0 saturated carbocycles. The molecule has 0 unspecified atom stereocenters. The van der Waals surface area contributed by atoms with E-state index in [0.717, 1.165) is 24.2 Å².